The molecule has 12 heteroatoms. The predicted octanol–water partition coefficient (Wildman–Crippen LogP) is 4.37. The SMILES string of the molecule is Cc1ccccc1C(=O)Nc1nc(NC(=O)c2cccnc2)nn1-c1ccc(OC(F)(F)F)cc1. The largest absolute Gasteiger partial charge is 0.573 e. The van der Waals surface area contributed by atoms with E-state index < -0.39 is 23.9 Å². The van der Waals surface area contributed by atoms with E-state index in [1.807, 2.05) is 0 Å². The molecular formula is C23H17F3N6O3. The summed E-state index contributed by atoms with van der Waals surface area (Å²) in [5, 5.41) is 9.33. The van der Waals surface area contributed by atoms with Crippen molar-refractivity contribution in [3.63, 3.8) is 0 Å². The Labute approximate surface area is 196 Å². The second-order valence-electron chi connectivity index (χ2n) is 7.18. The average molecular weight is 482 g/mol. The molecule has 35 heavy (non-hydrogen) atoms. The summed E-state index contributed by atoms with van der Waals surface area (Å²) >= 11 is 0. The molecule has 0 atom stereocenters. The Kier molecular flexibility index (Phi) is 6.44. The van der Waals surface area contributed by atoms with Crippen LogP contribution in [0.2, 0.25) is 0 Å². The summed E-state index contributed by atoms with van der Waals surface area (Å²) in [7, 11) is 0. The number of pyridine rings is 1. The van der Waals surface area contributed by atoms with Gasteiger partial charge in [0.1, 0.15) is 5.75 Å². The maximum Gasteiger partial charge on any atom is 0.573 e. The second kappa shape index (κ2) is 9.63. The third-order valence-corrected chi connectivity index (χ3v) is 4.69. The molecule has 2 N–H and O–H groups in total. The summed E-state index contributed by atoms with van der Waals surface area (Å²) in [6.07, 6.45) is -1.98. The number of hydrogen-bond acceptors (Lipinski definition) is 6. The highest BCUT2D eigenvalue weighted by molar-refractivity contribution is 6.05. The van der Waals surface area contributed by atoms with Crippen LogP contribution in [0.4, 0.5) is 25.1 Å². The topological polar surface area (TPSA) is 111 Å². The minimum absolute atomic E-state index is 0.0655. The molecule has 9 nitrogen and oxygen atoms in total. The quantitative estimate of drug-likeness (QED) is 0.422. The van der Waals surface area contributed by atoms with Crippen LogP contribution in [-0.4, -0.2) is 37.9 Å². The molecule has 4 rings (SSSR count). The Morgan fingerprint density at radius 1 is 0.943 bits per heavy atom. The van der Waals surface area contributed by atoms with E-state index in [1.165, 1.54) is 29.2 Å². The van der Waals surface area contributed by atoms with E-state index in [1.54, 1.807) is 43.3 Å². The van der Waals surface area contributed by atoms with E-state index in [-0.39, 0.29) is 23.1 Å². The lowest BCUT2D eigenvalue weighted by Crippen LogP contribution is -2.17. The highest BCUT2D eigenvalue weighted by Gasteiger charge is 2.31. The number of carbonyl (C=O) groups excluding carboxylic acids is 2. The van der Waals surface area contributed by atoms with Crippen molar-refractivity contribution in [3.05, 3.63) is 89.7 Å². The molecule has 2 amide bonds. The lowest BCUT2D eigenvalue weighted by molar-refractivity contribution is -0.274. The number of nitrogens with zero attached hydrogens (tertiary/aromatic N) is 4. The van der Waals surface area contributed by atoms with Gasteiger partial charge in [0.15, 0.2) is 0 Å². The van der Waals surface area contributed by atoms with E-state index in [2.05, 4.69) is 30.4 Å². The maximum atomic E-state index is 12.8. The van der Waals surface area contributed by atoms with Crippen molar-refractivity contribution < 1.29 is 27.5 Å². The fourth-order valence-electron chi connectivity index (χ4n) is 3.08. The number of benzene rings is 2. The molecule has 2 aromatic heterocycles. The summed E-state index contributed by atoms with van der Waals surface area (Å²) < 4.78 is 42.5. The van der Waals surface area contributed by atoms with Gasteiger partial charge in [0.05, 0.1) is 11.3 Å². The summed E-state index contributed by atoms with van der Waals surface area (Å²) in [4.78, 5) is 33.4. The summed E-state index contributed by atoms with van der Waals surface area (Å²) in [6.45, 7) is 1.76. The molecule has 0 aliphatic carbocycles. The van der Waals surface area contributed by atoms with Crippen molar-refractivity contribution in [1.82, 2.24) is 19.7 Å². The molecule has 0 aliphatic heterocycles. The first kappa shape index (κ1) is 23.4. The van der Waals surface area contributed by atoms with Gasteiger partial charge in [0.25, 0.3) is 17.8 Å². The van der Waals surface area contributed by atoms with Gasteiger partial charge in [-0.3, -0.25) is 25.2 Å². The highest BCUT2D eigenvalue weighted by atomic mass is 19.4. The summed E-state index contributed by atoms with van der Waals surface area (Å²) in [6, 6.07) is 14.8. The molecular weight excluding hydrogens is 465 g/mol. The number of nitrogens with one attached hydrogen (secondary N) is 2. The number of hydrogen-bond donors (Lipinski definition) is 2. The first-order valence-electron chi connectivity index (χ1n) is 10.1. The lowest BCUT2D eigenvalue weighted by atomic mass is 10.1. The van der Waals surface area contributed by atoms with Crippen LogP contribution in [0, 0.1) is 6.92 Å². The average Bonchev–Trinajstić information content (AvgIpc) is 3.21. The molecule has 0 unspecified atom stereocenters. The maximum absolute atomic E-state index is 12.8. The van der Waals surface area contributed by atoms with Crippen molar-refractivity contribution in [1.29, 1.82) is 0 Å². The Balaban J connectivity index is 1.66. The molecule has 178 valence electrons. The van der Waals surface area contributed by atoms with E-state index >= 15 is 0 Å². The van der Waals surface area contributed by atoms with Gasteiger partial charge in [-0.25, -0.2) is 0 Å². The second-order valence-corrected chi connectivity index (χ2v) is 7.18. The minimum atomic E-state index is -4.84. The van der Waals surface area contributed by atoms with Gasteiger partial charge >= 0.3 is 6.36 Å². The predicted molar refractivity (Wildman–Crippen MR) is 119 cm³/mol. The molecule has 2 heterocycles. The van der Waals surface area contributed by atoms with Crippen molar-refractivity contribution in [2.24, 2.45) is 0 Å². The van der Waals surface area contributed by atoms with Crippen molar-refractivity contribution in [2.75, 3.05) is 10.6 Å². The van der Waals surface area contributed by atoms with E-state index in [4.69, 9.17) is 0 Å². The fourth-order valence-corrected chi connectivity index (χ4v) is 3.08. The van der Waals surface area contributed by atoms with Crippen molar-refractivity contribution in [2.45, 2.75) is 13.3 Å². The third kappa shape index (κ3) is 5.79. The van der Waals surface area contributed by atoms with Gasteiger partial charge in [0, 0.05) is 18.0 Å². The van der Waals surface area contributed by atoms with Crippen LogP contribution in [0.3, 0.4) is 0 Å². The smallest absolute Gasteiger partial charge is 0.406 e. The van der Waals surface area contributed by atoms with Gasteiger partial charge < -0.3 is 4.74 Å². The molecule has 0 aliphatic rings. The Bertz CT molecular complexity index is 1360. The number of alkyl halides is 3. The van der Waals surface area contributed by atoms with Crippen molar-refractivity contribution in [3.8, 4) is 11.4 Å². The molecule has 0 spiro atoms. The zero-order chi connectivity index (χ0) is 25.0. The lowest BCUT2D eigenvalue weighted by Gasteiger charge is -2.11. The van der Waals surface area contributed by atoms with Crippen LogP contribution < -0.4 is 15.4 Å². The Morgan fingerprint density at radius 3 is 2.34 bits per heavy atom. The third-order valence-electron chi connectivity index (χ3n) is 4.69. The number of aromatic nitrogens is 4. The van der Waals surface area contributed by atoms with Crippen LogP contribution in [0.5, 0.6) is 5.75 Å². The van der Waals surface area contributed by atoms with Gasteiger partial charge in [-0.05, 0) is 55.0 Å². The molecule has 0 saturated carbocycles. The molecule has 0 fully saturated rings. The zero-order valence-corrected chi connectivity index (χ0v) is 18.1. The molecule has 2 aromatic carbocycles. The fraction of sp³-hybridized carbons (Fsp3) is 0.0870. The van der Waals surface area contributed by atoms with Gasteiger partial charge in [-0.2, -0.15) is 9.67 Å². The minimum Gasteiger partial charge on any atom is -0.406 e. The van der Waals surface area contributed by atoms with E-state index in [0.29, 0.717) is 5.56 Å². The Morgan fingerprint density at radius 2 is 1.69 bits per heavy atom. The number of rotatable bonds is 6. The van der Waals surface area contributed by atoms with Crippen LogP contribution in [0.25, 0.3) is 5.69 Å². The summed E-state index contributed by atoms with van der Waals surface area (Å²) in [5.41, 5.74) is 1.61. The number of carbonyl (C=O) groups is 2. The standard InChI is InChI=1S/C23H17F3N6O3/c1-14-5-2-3-7-18(14)20(34)29-22-30-21(28-19(33)15-6-4-12-27-13-15)31-32(22)16-8-10-17(11-9-16)35-23(24,25)26/h2-13H,1H3,(H2,28,29,30,31,33,34). The molecule has 0 radical (unpaired) electrons. The highest BCUT2D eigenvalue weighted by Crippen LogP contribution is 2.25. The molecule has 0 saturated heterocycles. The normalized spacial score (nSPS) is 11.1. The summed E-state index contributed by atoms with van der Waals surface area (Å²) in [5.74, 6) is -1.67. The number of amides is 2. The number of aryl methyl sites for hydroxylation is 1. The molecule has 4 aromatic rings. The first-order valence-corrected chi connectivity index (χ1v) is 10.1. The van der Waals surface area contributed by atoms with Crippen LogP contribution >= 0.6 is 0 Å². The van der Waals surface area contributed by atoms with Crippen molar-refractivity contribution >= 4 is 23.7 Å². The number of ether oxygens (including phenoxy) is 1. The number of halogens is 3. The number of anilines is 2. The first-order chi connectivity index (χ1) is 16.7. The van der Waals surface area contributed by atoms with Crippen LogP contribution in [-0.2, 0) is 0 Å². The monoisotopic (exact) mass is 482 g/mol. The van der Waals surface area contributed by atoms with Crippen LogP contribution in [0.15, 0.2) is 73.1 Å². The van der Waals surface area contributed by atoms with Crippen LogP contribution in [0.1, 0.15) is 26.3 Å². The van der Waals surface area contributed by atoms with Gasteiger partial charge in [-0.1, -0.05) is 18.2 Å². The van der Waals surface area contributed by atoms with E-state index in [9.17, 15) is 22.8 Å². The van der Waals surface area contributed by atoms with Gasteiger partial charge in [-0.15, -0.1) is 18.3 Å². The van der Waals surface area contributed by atoms with Gasteiger partial charge in [0.2, 0.25) is 5.95 Å². The van der Waals surface area contributed by atoms with E-state index in [0.717, 1.165) is 17.7 Å². The zero-order valence-electron chi connectivity index (χ0n) is 18.1. The molecule has 0 bridgehead atoms. The Hall–Kier alpha value is -4.74.